The Morgan fingerprint density at radius 3 is 2.67 bits per heavy atom. The van der Waals surface area contributed by atoms with Gasteiger partial charge in [-0.05, 0) is 37.3 Å². The number of aromatic nitrogens is 3. The topological polar surface area (TPSA) is 89.2 Å². The maximum atomic E-state index is 12.7. The van der Waals surface area contributed by atoms with Crippen LogP contribution >= 0.6 is 11.3 Å². The van der Waals surface area contributed by atoms with E-state index in [-0.39, 0.29) is 0 Å². The van der Waals surface area contributed by atoms with E-state index in [0.29, 0.717) is 27.9 Å². The molecule has 4 rings (SSSR count). The molecular formula is C19H16N4O3S. The molecule has 0 aliphatic rings. The van der Waals surface area contributed by atoms with Crippen LogP contribution in [0.15, 0.2) is 57.0 Å². The summed E-state index contributed by atoms with van der Waals surface area (Å²) in [5, 5.41) is 0. The SMILES string of the molecule is CCn1c(=O)c(=O)[nH]c2cc(C(=O)N=c3sc4ccccc4n3C)ccc21. The minimum atomic E-state index is -0.707. The number of carbonyl (C=O) groups is 1. The summed E-state index contributed by atoms with van der Waals surface area (Å²) < 4.78 is 4.29. The molecule has 0 fully saturated rings. The minimum Gasteiger partial charge on any atom is -0.319 e. The van der Waals surface area contributed by atoms with E-state index in [2.05, 4.69) is 9.98 Å². The van der Waals surface area contributed by atoms with E-state index in [0.717, 1.165) is 10.2 Å². The predicted molar refractivity (Wildman–Crippen MR) is 105 cm³/mol. The van der Waals surface area contributed by atoms with Crippen molar-refractivity contribution in [2.45, 2.75) is 13.5 Å². The summed E-state index contributed by atoms with van der Waals surface area (Å²) >= 11 is 1.43. The number of hydrogen-bond donors (Lipinski definition) is 1. The van der Waals surface area contributed by atoms with Crippen molar-refractivity contribution >= 4 is 38.5 Å². The second-order valence-corrected chi connectivity index (χ2v) is 7.07. The molecule has 0 aliphatic carbocycles. The van der Waals surface area contributed by atoms with E-state index in [4.69, 9.17) is 0 Å². The van der Waals surface area contributed by atoms with Crippen LogP contribution in [-0.2, 0) is 13.6 Å². The summed E-state index contributed by atoms with van der Waals surface area (Å²) in [6.07, 6.45) is 0. The van der Waals surface area contributed by atoms with Gasteiger partial charge in [-0.2, -0.15) is 4.99 Å². The summed E-state index contributed by atoms with van der Waals surface area (Å²) in [5.41, 5.74) is 1.04. The van der Waals surface area contributed by atoms with Crippen molar-refractivity contribution in [3.63, 3.8) is 0 Å². The Labute approximate surface area is 156 Å². The van der Waals surface area contributed by atoms with Crippen molar-refractivity contribution < 1.29 is 4.79 Å². The number of H-pyrrole nitrogens is 1. The third-order valence-electron chi connectivity index (χ3n) is 4.45. The van der Waals surface area contributed by atoms with Gasteiger partial charge < -0.3 is 14.1 Å². The van der Waals surface area contributed by atoms with E-state index in [9.17, 15) is 14.4 Å². The second-order valence-electron chi connectivity index (χ2n) is 6.06. The third-order valence-corrected chi connectivity index (χ3v) is 5.56. The Morgan fingerprint density at radius 2 is 1.93 bits per heavy atom. The molecule has 1 N–H and O–H groups in total. The number of aromatic amines is 1. The van der Waals surface area contributed by atoms with Crippen molar-refractivity contribution in [3.05, 3.63) is 73.5 Å². The highest BCUT2D eigenvalue weighted by atomic mass is 32.1. The first kappa shape index (κ1) is 17.2. The molecule has 0 bridgehead atoms. The zero-order chi connectivity index (χ0) is 19.1. The molecule has 7 nitrogen and oxygen atoms in total. The number of nitrogens with zero attached hydrogens (tertiary/aromatic N) is 3. The van der Waals surface area contributed by atoms with E-state index < -0.39 is 17.0 Å². The van der Waals surface area contributed by atoms with Gasteiger partial charge in [-0.15, -0.1) is 0 Å². The van der Waals surface area contributed by atoms with E-state index in [1.807, 2.05) is 35.9 Å². The molecule has 0 unspecified atom stereocenters. The molecule has 0 saturated carbocycles. The molecule has 0 saturated heterocycles. The van der Waals surface area contributed by atoms with E-state index in [1.165, 1.54) is 15.9 Å². The molecule has 136 valence electrons. The molecule has 4 aromatic rings. The highest BCUT2D eigenvalue weighted by Gasteiger charge is 2.11. The number of hydrogen-bond acceptors (Lipinski definition) is 4. The zero-order valence-corrected chi connectivity index (χ0v) is 15.5. The highest BCUT2D eigenvalue weighted by Crippen LogP contribution is 2.16. The lowest BCUT2D eigenvalue weighted by Crippen LogP contribution is -2.36. The number of thiazole rings is 1. The Morgan fingerprint density at radius 1 is 1.15 bits per heavy atom. The number of para-hydroxylation sites is 1. The predicted octanol–water partition coefficient (Wildman–Crippen LogP) is 2.00. The minimum absolute atomic E-state index is 0.344. The van der Waals surface area contributed by atoms with Crippen LogP contribution in [0.4, 0.5) is 0 Å². The summed E-state index contributed by atoms with van der Waals surface area (Å²) in [7, 11) is 1.86. The molecule has 27 heavy (non-hydrogen) atoms. The largest absolute Gasteiger partial charge is 0.319 e. The fraction of sp³-hybridized carbons (Fsp3) is 0.158. The van der Waals surface area contributed by atoms with Crippen molar-refractivity contribution in [1.29, 1.82) is 0 Å². The van der Waals surface area contributed by atoms with Gasteiger partial charge in [0.25, 0.3) is 5.91 Å². The number of fused-ring (bicyclic) bond motifs is 2. The quantitative estimate of drug-likeness (QED) is 0.540. The number of amides is 1. The van der Waals surface area contributed by atoms with Gasteiger partial charge in [-0.3, -0.25) is 14.4 Å². The van der Waals surface area contributed by atoms with Crippen LogP contribution in [0.5, 0.6) is 0 Å². The molecule has 0 aliphatic heterocycles. The zero-order valence-electron chi connectivity index (χ0n) is 14.7. The summed E-state index contributed by atoms with van der Waals surface area (Å²) in [6, 6.07) is 12.7. The van der Waals surface area contributed by atoms with Crippen LogP contribution in [0, 0.1) is 0 Å². The van der Waals surface area contributed by atoms with Crippen LogP contribution in [0.1, 0.15) is 17.3 Å². The van der Waals surface area contributed by atoms with Gasteiger partial charge in [-0.1, -0.05) is 23.5 Å². The van der Waals surface area contributed by atoms with Crippen LogP contribution in [0.3, 0.4) is 0 Å². The van der Waals surface area contributed by atoms with Gasteiger partial charge >= 0.3 is 11.1 Å². The molecule has 2 aromatic heterocycles. The van der Waals surface area contributed by atoms with Crippen molar-refractivity contribution in [3.8, 4) is 0 Å². The third kappa shape index (κ3) is 2.83. The van der Waals surface area contributed by atoms with Crippen LogP contribution in [-0.4, -0.2) is 20.0 Å². The number of nitrogens with one attached hydrogen (secondary N) is 1. The first-order valence-electron chi connectivity index (χ1n) is 8.40. The second kappa shape index (κ2) is 6.48. The molecule has 2 aromatic carbocycles. The Hall–Kier alpha value is -3.26. The van der Waals surface area contributed by atoms with Crippen LogP contribution in [0.2, 0.25) is 0 Å². The van der Waals surface area contributed by atoms with Crippen molar-refractivity contribution in [2.75, 3.05) is 0 Å². The van der Waals surface area contributed by atoms with Gasteiger partial charge in [-0.25, -0.2) is 0 Å². The molecule has 0 radical (unpaired) electrons. The van der Waals surface area contributed by atoms with Gasteiger partial charge in [0, 0.05) is 19.2 Å². The average molecular weight is 380 g/mol. The van der Waals surface area contributed by atoms with Gasteiger partial charge in [0.2, 0.25) is 0 Å². The first-order chi connectivity index (χ1) is 13.0. The highest BCUT2D eigenvalue weighted by molar-refractivity contribution is 7.16. The Bertz CT molecular complexity index is 1390. The molecule has 0 spiro atoms. The van der Waals surface area contributed by atoms with Crippen molar-refractivity contribution in [1.82, 2.24) is 14.1 Å². The van der Waals surface area contributed by atoms with E-state index in [1.54, 1.807) is 25.1 Å². The molecule has 1 amide bonds. The van der Waals surface area contributed by atoms with Gasteiger partial charge in [0.05, 0.1) is 21.3 Å². The lowest BCUT2D eigenvalue weighted by molar-refractivity contribution is 0.0998. The number of rotatable bonds is 2. The molecule has 2 heterocycles. The Balaban J connectivity index is 1.85. The van der Waals surface area contributed by atoms with Crippen molar-refractivity contribution in [2.24, 2.45) is 12.0 Å². The smallest absolute Gasteiger partial charge is 0.316 e. The number of aryl methyl sites for hydroxylation is 2. The normalized spacial score (nSPS) is 12.1. The summed E-state index contributed by atoms with van der Waals surface area (Å²) in [5.74, 6) is -0.408. The first-order valence-corrected chi connectivity index (χ1v) is 9.21. The maximum Gasteiger partial charge on any atom is 0.316 e. The molecular weight excluding hydrogens is 364 g/mol. The lowest BCUT2D eigenvalue weighted by atomic mass is 10.2. The maximum absolute atomic E-state index is 12.7. The molecule has 0 atom stereocenters. The Kier molecular flexibility index (Phi) is 4.12. The van der Waals surface area contributed by atoms with Crippen LogP contribution < -0.4 is 15.9 Å². The fourth-order valence-electron chi connectivity index (χ4n) is 3.07. The standard InChI is InChI=1S/C19H16N4O3S/c1-3-23-13-9-8-11(10-12(13)20-17(25)18(23)26)16(24)21-19-22(2)14-6-4-5-7-15(14)27-19/h4-10H,3H2,1-2H3,(H,20,25). The van der Waals surface area contributed by atoms with Gasteiger partial charge in [0.15, 0.2) is 4.80 Å². The van der Waals surface area contributed by atoms with Crippen LogP contribution in [0.25, 0.3) is 21.3 Å². The average Bonchev–Trinajstić information content (AvgIpc) is 2.98. The van der Waals surface area contributed by atoms with E-state index >= 15 is 0 Å². The van der Waals surface area contributed by atoms with Gasteiger partial charge in [0.1, 0.15) is 0 Å². The number of carbonyl (C=O) groups excluding carboxylic acids is 1. The number of benzene rings is 2. The summed E-state index contributed by atoms with van der Waals surface area (Å²) in [6.45, 7) is 2.16. The fourth-order valence-corrected chi connectivity index (χ4v) is 4.08. The summed E-state index contributed by atoms with van der Waals surface area (Å²) in [4.78, 5) is 43.8. The monoisotopic (exact) mass is 380 g/mol. The molecule has 8 heteroatoms. The lowest BCUT2D eigenvalue weighted by Gasteiger charge is -2.07.